The molecule has 0 radical (unpaired) electrons. The molecule has 5 nitrogen and oxygen atoms in total. The number of aromatic nitrogens is 2. The largest absolute Gasteiger partial charge is 0.354 e. The molecule has 0 unspecified atom stereocenters. The maximum absolute atomic E-state index is 4.83. The summed E-state index contributed by atoms with van der Waals surface area (Å²) in [5, 5.41) is 0. The van der Waals surface area contributed by atoms with Crippen LogP contribution in [0.1, 0.15) is 18.2 Å². The van der Waals surface area contributed by atoms with Crippen LogP contribution in [-0.2, 0) is 6.54 Å². The van der Waals surface area contributed by atoms with Crippen LogP contribution < -0.4 is 9.80 Å². The molecular weight excluding hydrogens is 298 g/mol. The molecule has 0 aliphatic carbocycles. The van der Waals surface area contributed by atoms with Gasteiger partial charge in [0.25, 0.3) is 0 Å². The number of nitrogens with zero attached hydrogens (tertiary/aromatic N) is 5. The van der Waals surface area contributed by atoms with Crippen molar-refractivity contribution in [2.75, 3.05) is 49.6 Å². The third-order valence-electron chi connectivity index (χ3n) is 4.58. The fourth-order valence-corrected chi connectivity index (χ4v) is 3.09. The normalized spacial score (nSPS) is 15.5. The molecule has 2 aromatic rings. The average Bonchev–Trinajstić information content (AvgIpc) is 2.62. The Morgan fingerprint density at radius 3 is 2.42 bits per heavy atom. The summed E-state index contributed by atoms with van der Waals surface area (Å²) >= 11 is 0. The quantitative estimate of drug-likeness (QED) is 0.844. The molecule has 1 aliphatic heterocycles. The number of benzene rings is 1. The monoisotopic (exact) mass is 325 g/mol. The van der Waals surface area contributed by atoms with Crippen molar-refractivity contribution in [1.29, 1.82) is 0 Å². The van der Waals surface area contributed by atoms with Crippen LogP contribution in [0, 0.1) is 6.92 Å². The molecule has 1 aromatic heterocycles. The number of likely N-dealkylation sites (N-methyl/N-ethyl adjacent to an activating group) is 1. The maximum atomic E-state index is 4.83. The second kappa shape index (κ2) is 7.62. The van der Waals surface area contributed by atoms with Crippen molar-refractivity contribution in [2.45, 2.75) is 20.4 Å². The lowest BCUT2D eigenvalue weighted by Gasteiger charge is -2.35. The van der Waals surface area contributed by atoms with Crippen LogP contribution in [0.25, 0.3) is 0 Å². The van der Waals surface area contributed by atoms with Gasteiger partial charge in [-0.25, -0.2) is 4.98 Å². The highest BCUT2D eigenvalue weighted by atomic mass is 15.3. The van der Waals surface area contributed by atoms with Crippen LogP contribution in [-0.4, -0.2) is 54.6 Å². The Bertz CT molecular complexity index is 650. The molecule has 0 spiro atoms. The van der Waals surface area contributed by atoms with E-state index >= 15 is 0 Å². The first-order chi connectivity index (χ1) is 11.7. The minimum absolute atomic E-state index is 0.798. The molecule has 5 heteroatoms. The van der Waals surface area contributed by atoms with E-state index < -0.39 is 0 Å². The molecule has 1 fully saturated rings. The van der Waals surface area contributed by atoms with Gasteiger partial charge in [-0.05, 0) is 19.0 Å². The van der Waals surface area contributed by atoms with Gasteiger partial charge < -0.3 is 14.7 Å². The first-order valence-corrected chi connectivity index (χ1v) is 8.73. The summed E-state index contributed by atoms with van der Waals surface area (Å²) in [7, 11) is 2.06. The van der Waals surface area contributed by atoms with Gasteiger partial charge in [0, 0.05) is 51.5 Å². The van der Waals surface area contributed by atoms with Crippen LogP contribution in [0.2, 0.25) is 0 Å². The average molecular weight is 325 g/mol. The zero-order valence-corrected chi connectivity index (χ0v) is 14.9. The van der Waals surface area contributed by atoms with Gasteiger partial charge in [-0.2, -0.15) is 4.98 Å². The molecule has 0 saturated carbocycles. The van der Waals surface area contributed by atoms with E-state index in [9.17, 15) is 0 Å². The Kier molecular flexibility index (Phi) is 5.30. The van der Waals surface area contributed by atoms with Crippen molar-refractivity contribution in [2.24, 2.45) is 0 Å². The lowest BCUT2D eigenvalue weighted by atomic mass is 10.2. The van der Waals surface area contributed by atoms with Gasteiger partial charge in [-0.15, -0.1) is 0 Å². The molecule has 0 N–H and O–H groups in total. The lowest BCUT2D eigenvalue weighted by molar-refractivity contribution is 0.270. The van der Waals surface area contributed by atoms with Crippen LogP contribution in [0.5, 0.6) is 0 Å². The van der Waals surface area contributed by atoms with Crippen LogP contribution in [0.15, 0.2) is 36.4 Å². The zero-order chi connectivity index (χ0) is 16.9. The number of rotatable bonds is 5. The fraction of sp³-hybridized carbons (Fsp3) is 0.474. The smallest absolute Gasteiger partial charge is 0.227 e. The topological polar surface area (TPSA) is 35.5 Å². The summed E-state index contributed by atoms with van der Waals surface area (Å²) in [6.45, 7) is 10.5. The number of hydrogen-bond acceptors (Lipinski definition) is 5. The molecule has 1 saturated heterocycles. The fourth-order valence-electron chi connectivity index (χ4n) is 3.09. The van der Waals surface area contributed by atoms with E-state index in [2.05, 4.69) is 64.0 Å². The molecule has 0 bridgehead atoms. The summed E-state index contributed by atoms with van der Waals surface area (Å²) < 4.78 is 0. The SMILES string of the molecule is CCN1CCN(c2cc(C)nc(N(C)Cc3ccccc3)n2)CC1. The first-order valence-electron chi connectivity index (χ1n) is 8.73. The number of hydrogen-bond donors (Lipinski definition) is 0. The van der Waals surface area contributed by atoms with Gasteiger partial charge in [0.15, 0.2) is 0 Å². The predicted molar refractivity (Wildman–Crippen MR) is 99.6 cm³/mol. The van der Waals surface area contributed by atoms with Crippen molar-refractivity contribution >= 4 is 11.8 Å². The van der Waals surface area contributed by atoms with Crippen molar-refractivity contribution in [1.82, 2.24) is 14.9 Å². The molecule has 2 heterocycles. The highest BCUT2D eigenvalue weighted by Gasteiger charge is 2.18. The second-order valence-electron chi connectivity index (χ2n) is 6.43. The molecule has 1 aliphatic rings. The minimum atomic E-state index is 0.798. The molecule has 24 heavy (non-hydrogen) atoms. The Morgan fingerprint density at radius 1 is 1.04 bits per heavy atom. The maximum Gasteiger partial charge on any atom is 0.227 e. The summed E-state index contributed by atoms with van der Waals surface area (Å²) in [6.07, 6.45) is 0. The second-order valence-corrected chi connectivity index (χ2v) is 6.43. The number of piperazine rings is 1. The first kappa shape index (κ1) is 16.7. The van der Waals surface area contributed by atoms with Gasteiger partial charge >= 0.3 is 0 Å². The van der Waals surface area contributed by atoms with Crippen molar-refractivity contribution in [3.05, 3.63) is 47.7 Å². The summed E-state index contributed by atoms with van der Waals surface area (Å²) in [5.41, 5.74) is 2.29. The highest BCUT2D eigenvalue weighted by molar-refractivity contribution is 5.46. The highest BCUT2D eigenvalue weighted by Crippen LogP contribution is 2.19. The van der Waals surface area contributed by atoms with Crippen molar-refractivity contribution < 1.29 is 0 Å². The van der Waals surface area contributed by atoms with E-state index in [0.717, 1.165) is 56.7 Å². The molecular formula is C19H27N5. The minimum Gasteiger partial charge on any atom is -0.354 e. The Hall–Kier alpha value is -2.14. The predicted octanol–water partition coefficient (Wildman–Crippen LogP) is 2.56. The molecule has 0 amide bonds. The van der Waals surface area contributed by atoms with Gasteiger partial charge in [0.1, 0.15) is 5.82 Å². The van der Waals surface area contributed by atoms with Crippen molar-refractivity contribution in [3.63, 3.8) is 0 Å². The Labute approximate surface area is 144 Å². The van der Waals surface area contributed by atoms with Crippen molar-refractivity contribution in [3.8, 4) is 0 Å². The van der Waals surface area contributed by atoms with E-state index in [1.807, 2.05) is 13.0 Å². The van der Waals surface area contributed by atoms with Gasteiger partial charge in [0.05, 0.1) is 0 Å². The number of anilines is 2. The lowest BCUT2D eigenvalue weighted by Crippen LogP contribution is -2.46. The summed E-state index contributed by atoms with van der Waals surface area (Å²) in [5.74, 6) is 1.85. The van der Waals surface area contributed by atoms with E-state index in [1.165, 1.54) is 5.56 Å². The van der Waals surface area contributed by atoms with Gasteiger partial charge in [-0.3, -0.25) is 0 Å². The molecule has 1 aromatic carbocycles. The van der Waals surface area contributed by atoms with E-state index in [4.69, 9.17) is 4.98 Å². The van der Waals surface area contributed by atoms with Gasteiger partial charge in [0.2, 0.25) is 5.95 Å². The standard InChI is InChI=1S/C19H27N5/c1-4-23-10-12-24(13-11-23)18-14-16(2)20-19(21-18)22(3)15-17-8-6-5-7-9-17/h5-9,14H,4,10-13,15H2,1-3H3. The van der Waals surface area contributed by atoms with E-state index in [0.29, 0.717) is 0 Å². The third kappa shape index (κ3) is 4.03. The Balaban J connectivity index is 1.74. The molecule has 0 atom stereocenters. The molecule has 128 valence electrons. The molecule has 3 rings (SSSR count). The van der Waals surface area contributed by atoms with E-state index in [1.54, 1.807) is 0 Å². The summed E-state index contributed by atoms with van der Waals surface area (Å²) in [6, 6.07) is 12.5. The van der Waals surface area contributed by atoms with Crippen LogP contribution in [0.3, 0.4) is 0 Å². The van der Waals surface area contributed by atoms with E-state index in [-0.39, 0.29) is 0 Å². The van der Waals surface area contributed by atoms with Crippen LogP contribution in [0.4, 0.5) is 11.8 Å². The third-order valence-corrected chi connectivity index (χ3v) is 4.58. The van der Waals surface area contributed by atoms with Gasteiger partial charge in [-0.1, -0.05) is 37.3 Å². The Morgan fingerprint density at radius 2 is 1.75 bits per heavy atom. The zero-order valence-electron chi connectivity index (χ0n) is 14.9. The number of aryl methyl sites for hydroxylation is 1. The van der Waals surface area contributed by atoms with Crippen LogP contribution >= 0.6 is 0 Å². The summed E-state index contributed by atoms with van der Waals surface area (Å²) in [4.78, 5) is 16.4.